The molecule has 1 aromatic heterocycles. The fourth-order valence-corrected chi connectivity index (χ4v) is 2.24. The van der Waals surface area contributed by atoms with Crippen molar-refractivity contribution in [1.82, 2.24) is 4.98 Å². The molecule has 0 radical (unpaired) electrons. The zero-order valence-corrected chi connectivity index (χ0v) is 10.8. The second-order valence-corrected chi connectivity index (χ2v) is 4.19. The highest BCUT2D eigenvalue weighted by molar-refractivity contribution is 5.93. The van der Waals surface area contributed by atoms with Gasteiger partial charge in [0.2, 0.25) is 0 Å². The van der Waals surface area contributed by atoms with Crippen molar-refractivity contribution in [3.63, 3.8) is 0 Å². The third-order valence-electron chi connectivity index (χ3n) is 3.06. The summed E-state index contributed by atoms with van der Waals surface area (Å²) >= 11 is 0. The maximum Gasteiger partial charge on any atom is 0.185 e. The van der Waals surface area contributed by atoms with E-state index in [2.05, 4.69) is 10.3 Å². The molecule has 0 spiro atoms. The summed E-state index contributed by atoms with van der Waals surface area (Å²) in [6.45, 7) is 6.55. The van der Waals surface area contributed by atoms with Gasteiger partial charge in [0.1, 0.15) is 5.52 Å². The molecule has 1 aromatic carbocycles. The van der Waals surface area contributed by atoms with Crippen molar-refractivity contribution in [2.75, 3.05) is 11.9 Å². The monoisotopic (exact) mass is 250 g/mol. The Bertz CT molecular complexity index is 594. The zero-order valence-electron chi connectivity index (χ0n) is 10.8. The zero-order chi connectivity index (χ0) is 13.3. The Morgan fingerprint density at radius 2 is 1.94 bits per heavy atom. The molecule has 0 bridgehead atoms. The molecule has 2 nitrogen and oxygen atoms in total. The Morgan fingerprint density at radius 1 is 1.22 bits per heavy atom. The Balaban J connectivity index is 2.86. The number of hydrogen-bond acceptors (Lipinski definition) is 2. The van der Waals surface area contributed by atoms with E-state index in [-0.39, 0.29) is 5.52 Å². The van der Waals surface area contributed by atoms with Crippen LogP contribution in [0.15, 0.2) is 12.1 Å². The lowest BCUT2D eigenvalue weighted by Crippen LogP contribution is -2.06. The highest BCUT2D eigenvalue weighted by atomic mass is 19.2. The maximum atomic E-state index is 13.8. The summed E-state index contributed by atoms with van der Waals surface area (Å²) in [4.78, 5) is 4.19. The average Bonchev–Trinajstić information content (AvgIpc) is 2.35. The van der Waals surface area contributed by atoms with Crippen LogP contribution in [-0.4, -0.2) is 11.5 Å². The predicted molar refractivity (Wildman–Crippen MR) is 69.9 cm³/mol. The van der Waals surface area contributed by atoms with Gasteiger partial charge in [0, 0.05) is 23.3 Å². The topological polar surface area (TPSA) is 24.9 Å². The van der Waals surface area contributed by atoms with Crippen LogP contribution < -0.4 is 5.32 Å². The lowest BCUT2D eigenvalue weighted by molar-refractivity contribution is 0.515. The van der Waals surface area contributed by atoms with Crippen LogP contribution >= 0.6 is 0 Å². The van der Waals surface area contributed by atoms with E-state index in [1.165, 1.54) is 0 Å². The SMILES string of the molecule is CCNc1c(CC)c(C)nc2c(F)c(F)ccc12. The summed E-state index contributed by atoms with van der Waals surface area (Å²) < 4.78 is 27.0. The van der Waals surface area contributed by atoms with Gasteiger partial charge in [-0.25, -0.2) is 13.8 Å². The van der Waals surface area contributed by atoms with Gasteiger partial charge < -0.3 is 5.32 Å². The number of nitrogens with zero attached hydrogens (tertiary/aromatic N) is 1. The number of aromatic nitrogens is 1. The van der Waals surface area contributed by atoms with E-state index in [1.807, 2.05) is 20.8 Å². The summed E-state index contributed by atoms with van der Waals surface area (Å²) in [5.41, 5.74) is 2.75. The maximum absolute atomic E-state index is 13.8. The van der Waals surface area contributed by atoms with Crippen molar-refractivity contribution < 1.29 is 8.78 Å². The molecule has 18 heavy (non-hydrogen) atoms. The molecule has 0 saturated heterocycles. The molecule has 0 amide bonds. The van der Waals surface area contributed by atoms with Gasteiger partial charge in [-0.2, -0.15) is 0 Å². The molecule has 0 aliphatic heterocycles. The second-order valence-electron chi connectivity index (χ2n) is 4.19. The van der Waals surface area contributed by atoms with Gasteiger partial charge in [-0.05, 0) is 38.0 Å². The summed E-state index contributed by atoms with van der Waals surface area (Å²) in [7, 11) is 0. The fraction of sp³-hybridized carbons (Fsp3) is 0.357. The lowest BCUT2D eigenvalue weighted by atomic mass is 10.0. The number of aryl methyl sites for hydroxylation is 1. The quantitative estimate of drug-likeness (QED) is 0.895. The largest absolute Gasteiger partial charge is 0.384 e. The second kappa shape index (κ2) is 4.88. The molecule has 2 aromatic rings. The number of pyridine rings is 1. The van der Waals surface area contributed by atoms with Crippen molar-refractivity contribution >= 4 is 16.6 Å². The molecule has 0 fully saturated rings. The Morgan fingerprint density at radius 3 is 2.56 bits per heavy atom. The number of hydrogen-bond donors (Lipinski definition) is 1. The third kappa shape index (κ3) is 1.92. The number of nitrogens with one attached hydrogen (secondary N) is 1. The average molecular weight is 250 g/mol. The van der Waals surface area contributed by atoms with E-state index in [9.17, 15) is 8.78 Å². The van der Waals surface area contributed by atoms with E-state index >= 15 is 0 Å². The van der Waals surface area contributed by atoms with Crippen molar-refractivity contribution in [1.29, 1.82) is 0 Å². The first kappa shape index (κ1) is 12.7. The molecule has 0 aliphatic carbocycles. The van der Waals surface area contributed by atoms with Gasteiger partial charge in [-0.15, -0.1) is 0 Å². The van der Waals surface area contributed by atoms with Crippen LogP contribution in [0.4, 0.5) is 14.5 Å². The molecular weight excluding hydrogens is 234 g/mol. The van der Waals surface area contributed by atoms with E-state index < -0.39 is 11.6 Å². The van der Waals surface area contributed by atoms with Crippen LogP contribution in [0.1, 0.15) is 25.1 Å². The first-order chi connectivity index (χ1) is 8.60. The normalized spacial score (nSPS) is 10.9. The first-order valence-electron chi connectivity index (χ1n) is 6.11. The van der Waals surface area contributed by atoms with E-state index in [4.69, 9.17) is 0 Å². The van der Waals surface area contributed by atoms with Gasteiger partial charge in [-0.3, -0.25) is 0 Å². The summed E-state index contributed by atoms with van der Waals surface area (Å²) in [6.07, 6.45) is 0.802. The van der Waals surface area contributed by atoms with Crippen molar-refractivity contribution in [3.8, 4) is 0 Å². The van der Waals surface area contributed by atoms with Gasteiger partial charge in [0.25, 0.3) is 0 Å². The Labute approximate surface area is 105 Å². The minimum Gasteiger partial charge on any atom is -0.384 e. The first-order valence-corrected chi connectivity index (χ1v) is 6.11. The molecule has 1 heterocycles. The molecule has 96 valence electrons. The van der Waals surface area contributed by atoms with Crippen molar-refractivity contribution in [2.24, 2.45) is 0 Å². The highest BCUT2D eigenvalue weighted by Crippen LogP contribution is 2.31. The van der Waals surface area contributed by atoms with E-state index in [1.54, 1.807) is 6.07 Å². The number of fused-ring (bicyclic) bond motifs is 1. The van der Waals surface area contributed by atoms with Gasteiger partial charge in [0.05, 0.1) is 0 Å². The standard InChI is InChI=1S/C14H16F2N2/c1-4-9-8(3)18-14-10(13(9)17-5-2)6-7-11(15)12(14)16/h6-7H,4-5H2,1-3H3,(H,17,18). The van der Waals surface area contributed by atoms with Crippen LogP contribution in [0, 0.1) is 18.6 Å². The molecule has 0 aliphatic rings. The minimum atomic E-state index is -0.877. The van der Waals surface area contributed by atoms with Gasteiger partial charge in [0.15, 0.2) is 11.6 Å². The smallest absolute Gasteiger partial charge is 0.185 e. The lowest BCUT2D eigenvalue weighted by Gasteiger charge is -2.15. The molecule has 2 rings (SSSR count). The number of halogens is 2. The van der Waals surface area contributed by atoms with Crippen LogP contribution in [0.3, 0.4) is 0 Å². The van der Waals surface area contributed by atoms with E-state index in [0.29, 0.717) is 5.39 Å². The molecular formula is C14H16F2N2. The molecule has 0 unspecified atom stereocenters. The minimum absolute atomic E-state index is 0.0978. The van der Waals surface area contributed by atoms with Crippen molar-refractivity contribution in [2.45, 2.75) is 27.2 Å². The summed E-state index contributed by atoms with van der Waals surface area (Å²) in [6, 6.07) is 2.73. The van der Waals surface area contributed by atoms with Crippen LogP contribution in [0.2, 0.25) is 0 Å². The Kier molecular flexibility index (Phi) is 3.45. The number of rotatable bonds is 3. The third-order valence-corrected chi connectivity index (χ3v) is 3.06. The number of benzene rings is 1. The van der Waals surface area contributed by atoms with Crippen LogP contribution in [0.5, 0.6) is 0 Å². The molecule has 4 heteroatoms. The highest BCUT2D eigenvalue weighted by Gasteiger charge is 2.15. The van der Waals surface area contributed by atoms with Gasteiger partial charge >= 0.3 is 0 Å². The fourth-order valence-electron chi connectivity index (χ4n) is 2.24. The summed E-state index contributed by atoms with van der Waals surface area (Å²) in [5, 5.41) is 3.87. The molecule has 0 saturated carbocycles. The number of anilines is 1. The Hall–Kier alpha value is -1.71. The van der Waals surface area contributed by atoms with Gasteiger partial charge in [-0.1, -0.05) is 6.92 Å². The van der Waals surface area contributed by atoms with Crippen LogP contribution in [-0.2, 0) is 6.42 Å². The molecule has 1 N–H and O–H groups in total. The van der Waals surface area contributed by atoms with Crippen molar-refractivity contribution in [3.05, 3.63) is 35.0 Å². The van der Waals surface area contributed by atoms with Crippen LogP contribution in [0.25, 0.3) is 10.9 Å². The molecule has 0 atom stereocenters. The predicted octanol–water partition coefficient (Wildman–Crippen LogP) is 3.82. The van der Waals surface area contributed by atoms with E-state index in [0.717, 1.165) is 36.0 Å². The summed E-state index contributed by atoms with van der Waals surface area (Å²) in [5.74, 6) is -1.74.